The minimum absolute atomic E-state index is 0.491. The van der Waals surface area contributed by atoms with E-state index in [-0.39, 0.29) is 0 Å². The molecule has 148 valence electrons. The van der Waals surface area contributed by atoms with Crippen LogP contribution in [-0.2, 0) is 13.0 Å². The molecule has 0 bridgehead atoms. The van der Waals surface area contributed by atoms with E-state index < -0.39 is 0 Å². The van der Waals surface area contributed by atoms with Crippen molar-refractivity contribution in [2.45, 2.75) is 13.0 Å². The highest BCUT2D eigenvalue weighted by Crippen LogP contribution is 2.30. The monoisotopic (exact) mass is 420 g/mol. The summed E-state index contributed by atoms with van der Waals surface area (Å²) < 4.78 is 16.2. The maximum atomic E-state index is 6.23. The number of hydrogen-bond acceptors (Lipinski definition) is 5. The fourth-order valence-corrected chi connectivity index (χ4v) is 3.37. The summed E-state index contributed by atoms with van der Waals surface area (Å²) in [6, 6.07) is 11.2. The van der Waals surface area contributed by atoms with Crippen LogP contribution in [0, 0.1) is 0 Å². The van der Waals surface area contributed by atoms with Gasteiger partial charge in [-0.05, 0) is 49.4 Å². The summed E-state index contributed by atoms with van der Waals surface area (Å²) in [5, 5.41) is 1.10. The summed E-state index contributed by atoms with van der Waals surface area (Å²) in [7, 11) is 5.32. The zero-order valence-corrected chi connectivity index (χ0v) is 17.5. The molecule has 0 amide bonds. The molecule has 0 saturated carbocycles. The van der Waals surface area contributed by atoms with Crippen LogP contribution in [0.15, 0.2) is 47.1 Å². The third-order valence-electron chi connectivity index (χ3n) is 4.38. The SMILES string of the molecule is COc1ccc(CCN(C)Cc2coc(-c3ccc(Cl)cc3Cl)n2)cc1OC. The fraction of sp³-hybridized carbons (Fsp3) is 0.286. The number of benzene rings is 2. The molecule has 28 heavy (non-hydrogen) atoms. The van der Waals surface area contributed by atoms with E-state index in [2.05, 4.69) is 9.88 Å². The Morgan fingerprint density at radius 2 is 1.82 bits per heavy atom. The first-order chi connectivity index (χ1) is 13.5. The number of likely N-dealkylation sites (N-methyl/N-ethyl adjacent to an activating group) is 1. The van der Waals surface area contributed by atoms with Gasteiger partial charge in [-0.25, -0.2) is 4.98 Å². The van der Waals surface area contributed by atoms with Gasteiger partial charge < -0.3 is 18.8 Å². The lowest BCUT2D eigenvalue weighted by Crippen LogP contribution is -2.20. The number of oxazole rings is 1. The minimum atomic E-state index is 0.491. The summed E-state index contributed by atoms with van der Waals surface area (Å²) in [4.78, 5) is 6.73. The van der Waals surface area contributed by atoms with Gasteiger partial charge in [0.25, 0.3) is 0 Å². The van der Waals surface area contributed by atoms with Gasteiger partial charge in [0.05, 0.1) is 30.5 Å². The van der Waals surface area contributed by atoms with Crippen molar-refractivity contribution in [1.29, 1.82) is 0 Å². The van der Waals surface area contributed by atoms with Crippen LogP contribution < -0.4 is 9.47 Å². The Bertz CT molecular complexity index is 943. The highest BCUT2D eigenvalue weighted by Gasteiger charge is 2.12. The molecule has 0 spiro atoms. The number of ether oxygens (including phenoxy) is 2. The third-order valence-corrected chi connectivity index (χ3v) is 4.92. The number of halogens is 2. The molecule has 1 aromatic heterocycles. The number of hydrogen-bond donors (Lipinski definition) is 0. The Labute approximate surface area is 174 Å². The van der Waals surface area contributed by atoms with Crippen molar-refractivity contribution in [1.82, 2.24) is 9.88 Å². The second kappa shape index (κ2) is 9.32. The Morgan fingerprint density at radius 3 is 2.54 bits per heavy atom. The van der Waals surface area contributed by atoms with E-state index in [1.165, 1.54) is 5.56 Å². The molecule has 0 aliphatic rings. The molecule has 0 aliphatic heterocycles. The maximum absolute atomic E-state index is 6.23. The van der Waals surface area contributed by atoms with Gasteiger partial charge >= 0.3 is 0 Å². The smallest absolute Gasteiger partial charge is 0.227 e. The summed E-state index contributed by atoms with van der Waals surface area (Å²) in [5.74, 6) is 1.96. The molecule has 0 N–H and O–H groups in total. The summed E-state index contributed by atoms with van der Waals surface area (Å²) >= 11 is 12.2. The van der Waals surface area contributed by atoms with Crippen LogP contribution in [-0.4, -0.2) is 37.7 Å². The molecule has 3 rings (SSSR count). The van der Waals surface area contributed by atoms with Gasteiger partial charge in [0.2, 0.25) is 5.89 Å². The lowest BCUT2D eigenvalue weighted by Gasteiger charge is -2.15. The van der Waals surface area contributed by atoms with Crippen molar-refractivity contribution < 1.29 is 13.9 Å². The maximum Gasteiger partial charge on any atom is 0.227 e. The zero-order valence-electron chi connectivity index (χ0n) is 16.0. The second-order valence-electron chi connectivity index (χ2n) is 6.45. The highest BCUT2D eigenvalue weighted by atomic mass is 35.5. The van der Waals surface area contributed by atoms with Crippen molar-refractivity contribution in [2.75, 3.05) is 27.8 Å². The lowest BCUT2D eigenvalue weighted by molar-refractivity contribution is 0.325. The molecule has 0 radical (unpaired) electrons. The van der Waals surface area contributed by atoms with Crippen molar-refractivity contribution in [2.24, 2.45) is 0 Å². The van der Waals surface area contributed by atoms with Crippen molar-refractivity contribution in [3.8, 4) is 23.0 Å². The minimum Gasteiger partial charge on any atom is -0.493 e. The van der Waals surface area contributed by atoms with Gasteiger partial charge in [0.1, 0.15) is 6.26 Å². The normalized spacial score (nSPS) is 11.1. The topological polar surface area (TPSA) is 47.7 Å². The van der Waals surface area contributed by atoms with Crippen molar-refractivity contribution in [3.63, 3.8) is 0 Å². The molecule has 0 unspecified atom stereocenters. The molecule has 0 fully saturated rings. The Morgan fingerprint density at radius 1 is 1.04 bits per heavy atom. The van der Waals surface area contributed by atoms with Crippen LogP contribution in [0.1, 0.15) is 11.3 Å². The number of methoxy groups -OCH3 is 2. The van der Waals surface area contributed by atoms with Crippen molar-refractivity contribution >= 4 is 23.2 Å². The van der Waals surface area contributed by atoms with E-state index >= 15 is 0 Å². The molecule has 3 aromatic rings. The number of nitrogens with zero attached hydrogens (tertiary/aromatic N) is 2. The van der Waals surface area contributed by atoms with E-state index in [4.69, 9.17) is 37.1 Å². The summed E-state index contributed by atoms with van der Waals surface area (Å²) in [6.45, 7) is 1.53. The predicted molar refractivity (Wildman–Crippen MR) is 112 cm³/mol. The standard InChI is InChI=1S/C21H22Cl2N2O3/c1-25(9-8-14-4-7-19(26-2)20(10-14)27-3)12-16-13-28-21(24-16)17-6-5-15(22)11-18(17)23/h4-7,10-11,13H,8-9,12H2,1-3H3. The van der Waals surface area contributed by atoms with Gasteiger partial charge in [0.15, 0.2) is 11.5 Å². The Hall–Kier alpha value is -2.21. The van der Waals surface area contributed by atoms with Gasteiger partial charge in [-0.3, -0.25) is 0 Å². The first-order valence-electron chi connectivity index (χ1n) is 8.79. The summed E-state index contributed by atoms with van der Waals surface area (Å²) in [6.07, 6.45) is 2.54. The Kier molecular flexibility index (Phi) is 6.83. The fourth-order valence-electron chi connectivity index (χ4n) is 2.88. The van der Waals surface area contributed by atoms with Gasteiger partial charge in [-0.1, -0.05) is 29.3 Å². The average molecular weight is 421 g/mol. The summed E-state index contributed by atoms with van der Waals surface area (Å²) in [5.41, 5.74) is 2.75. The first-order valence-corrected chi connectivity index (χ1v) is 9.55. The van der Waals surface area contributed by atoms with E-state index in [0.717, 1.165) is 35.7 Å². The Balaban J connectivity index is 1.60. The van der Waals surface area contributed by atoms with Crippen molar-refractivity contribution in [3.05, 3.63) is 64.0 Å². The second-order valence-corrected chi connectivity index (χ2v) is 7.29. The van der Waals surface area contributed by atoms with Crippen LogP contribution in [0.5, 0.6) is 11.5 Å². The van der Waals surface area contributed by atoms with Crippen LogP contribution in [0.25, 0.3) is 11.5 Å². The van der Waals surface area contributed by atoms with Crippen LogP contribution in [0.4, 0.5) is 0 Å². The van der Waals surface area contributed by atoms with Gasteiger partial charge in [0, 0.05) is 18.1 Å². The molecule has 2 aromatic carbocycles. The van der Waals surface area contributed by atoms with Crippen LogP contribution in [0.3, 0.4) is 0 Å². The van der Waals surface area contributed by atoms with Gasteiger partial charge in [-0.15, -0.1) is 0 Å². The quantitative estimate of drug-likeness (QED) is 0.492. The number of aromatic nitrogens is 1. The third kappa shape index (κ3) is 4.98. The molecule has 0 aliphatic carbocycles. The zero-order chi connectivity index (χ0) is 20.1. The van der Waals surface area contributed by atoms with E-state index in [9.17, 15) is 0 Å². The molecular weight excluding hydrogens is 399 g/mol. The van der Waals surface area contributed by atoms with Crippen LogP contribution >= 0.6 is 23.2 Å². The highest BCUT2D eigenvalue weighted by molar-refractivity contribution is 6.36. The molecule has 5 nitrogen and oxygen atoms in total. The molecule has 0 atom stereocenters. The first kappa shape index (κ1) is 20.5. The largest absolute Gasteiger partial charge is 0.493 e. The van der Waals surface area contributed by atoms with E-state index in [0.29, 0.717) is 22.5 Å². The van der Waals surface area contributed by atoms with Crippen LogP contribution in [0.2, 0.25) is 10.0 Å². The number of rotatable bonds is 8. The van der Waals surface area contributed by atoms with E-state index in [1.54, 1.807) is 38.7 Å². The molecular formula is C21H22Cl2N2O3. The van der Waals surface area contributed by atoms with Gasteiger partial charge in [-0.2, -0.15) is 0 Å². The lowest BCUT2D eigenvalue weighted by atomic mass is 10.1. The molecule has 1 heterocycles. The molecule has 7 heteroatoms. The predicted octanol–water partition coefficient (Wildman–Crippen LogP) is 5.34. The molecule has 0 saturated heterocycles. The van der Waals surface area contributed by atoms with E-state index in [1.807, 2.05) is 25.2 Å². The average Bonchev–Trinajstić information content (AvgIpc) is 3.14.